The Bertz CT molecular complexity index is 698. The second-order valence-corrected chi connectivity index (χ2v) is 7.67. The number of nitrogens with zero attached hydrogens (tertiary/aromatic N) is 1. The van der Waals surface area contributed by atoms with Gasteiger partial charge in [0.1, 0.15) is 0 Å². The van der Waals surface area contributed by atoms with E-state index in [1.165, 1.54) is 74.8 Å². The molecule has 1 aromatic heterocycles. The van der Waals surface area contributed by atoms with E-state index in [4.69, 9.17) is 0 Å². The third kappa shape index (κ3) is 2.25. The van der Waals surface area contributed by atoms with Crippen molar-refractivity contribution in [2.24, 2.45) is 5.92 Å². The predicted molar refractivity (Wildman–Crippen MR) is 94.7 cm³/mol. The highest BCUT2D eigenvalue weighted by Crippen LogP contribution is 2.43. The molecule has 0 radical (unpaired) electrons. The van der Waals surface area contributed by atoms with Crippen molar-refractivity contribution >= 4 is 10.9 Å². The molecule has 3 aliphatic heterocycles. The zero-order valence-corrected chi connectivity index (χ0v) is 13.9. The van der Waals surface area contributed by atoms with Gasteiger partial charge in [0.15, 0.2) is 0 Å². The third-order valence-electron chi connectivity index (χ3n) is 6.48. The van der Waals surface area contributed by atoms with Crippen molar-refractivity contribution < 1.29 is 0 Å². The Morgan fingerprint density at radius 1 is 1.04 bits per heavy atom. The second kappa shape index (κ2) is 5.64. The molecule has 2 N–H and O–H groups in total. The van der Waals surface area contributed by atoms with Crippen LogP contribution in [-0.2, 0) is 6.42 Å². The number of hydrogen-bond donors (Lipinski definition) is 2. The SMILES string of the molecule is c1ccc2c3c([nH]c2c1)[C@H]1CCC[C@@H]([C@H]2CCCNC2)N1CC3. The maximum atomic E-state index is 3.78. The average molecular weight is 309 g/mol. The maximum absolute atomic E-state index is 3.78. The Kier molecular flexibility index (Phi) is 3.45. The average Bonchev–Trinajstić information content (AvgIpc) is 3.01. The largest absolute Gasteiger partial charge is 0.357 e. The van der Waals surface area contributed by atoms with E-state index in [1.54, 1.807) is 5.56 Å². The van der Waals surface area contributed by atoms with E-state index in [-0.39, 0.29) is 0 Å². The van der Waals surface area contributed by atoms with Crippen molar-refractivity contribution in [3.8, 4) is 0 Å². The summed E-state index contributed by atoms with van der Waals surface area (Å²) in [7, 11) is 0. The summed E-state index contributed by atoms with van der Waals surface area (Å²) < 4.78 is 0. The van der Waals surface area contributed by atoms with Crippen molar-refractivity contribution in [1.82, 2.24) is 15.2 Å². The second-order valence-electron chi connectivity index (χ2n) is 7.67. The number of benzene rings is 1. The molecule has 0 aliphatic carbocycles. The number of para-hydroxylation sites is 1. The summed E-state index contributed by atoms with van der Waals surface area (Å²) in [6.07, 6.45) is 8.11. The Morgan fingerprint density at radius 3 is 2.91 bits per heavy atom. The van der Waals surface area contributed by atoms with Crippen molar-refractivity contribution in [2.45, 2.75) is 50.6 Å². The van der Waals surface area contributed by atoms with Crippen LogP contribution in [0.5, 0.6) is 0 Å². The fraction of sp³-hybridized carbons (Fsp3) is 0.600. The lowest BCUT2D eigenvalue weighted by atomic mass is 9.80. The standard InChI is InChI=1S/C20H27N3/c1-2-7-17-15(6-1)16-10-12-23-18(14-5-4-11-21-13-14)8-3-9-19(23)20(16)22-17/h1-2,6-7,14,18-19,21-22H,3-5,8-13H2/t14-,18-,19+/m0/s1. The minimum absolute atomic E-state index is 0.631. The van der Waals surface area contributed by atoms with Gasteiger partial charge in [-0.3, -0.25) is 4.90 Å². The molecule has 3 heteroatoms. The van der Waals surface area contributed by atoms with Gasteiger partial charge in [0.05, 0.1) is 6.04 Å². The maximum Gasteiger partial charge on any atom is 0.0504 e. The zero-order chi connectivity index (χ0) is 15.2. The van der Waals surface area contributed by atoms with Gasteiger partial charge < -0.3 is 10.3 Å². The van der Waals surface area contributed by atoms with Crippen LogP contribution >= 0.6 is 0 Å². The molecule has 2 saturated heterocycles. The molecule has 23 heavy (non-hydrogen) atoms. The van der Waals surface area contributed by atoms with Gasteiger partial charge in [-0.15, -0.1) is 0 Å². The van der Waals surface area contributed by atoms with Gasteiger partial charge in [0.2, 0.25) is 0 Å². The molecule has 2 aromatic rings. The molecule has 122 valence electrons. The molecule has 3 nitrogen and oxygen atoms in total. The summed E-state index contributed by atoms with van der Waals surface area (Å²) in [6, 6.07) is 10.3. The topological polar surface area (TPSA) is 31.1 Å². The van der Waals surface area contributed by atoms with E-state index in [2.05, 4.69) is 39.5 Å². The van der Waals surface area contributed by atoms with Gasteiger partial charge in [-0.1, -0.05) is 18.2 Å². The molecule has 0 amide bonds. The van der Waals surface area contributed by atoms with Crippen molar-refractivity contribution in [1.29, 1.82) is 0 Å². The van der Waals surface area contributed by atoms with Crippen molar-refractivity contribution in [2.75, 3.05) is 19.6 Å². The quantitative estimate of drug-likeness (QED) is 0.843. The Balaban J connectivity index is 1.50. The highest BCUT2D eigenvalue weighted by molar-refractivity contribution is 5.85. The fourth-order valence-electron chi connectivity index (χ4n) is 5.44. The fourth-order valence-corrected chi connectivity index (χ4v) is 5.44. The van der Waals surface area contributed by atoms with Gasteiger partial charge in [-0.25, -0.2) is 0 Å². The van der Waals surface area contributed by atoms with Crippen LogP contribution in [0.2, 0.25) is 0 Å². The van der Waals surface area contributed by atoms with Crippen LogP contribution in [0.3, 0.4) is 0 Å². The summed E-state index contributed by atoms with van der Waals surface area (Å²) in [5, 5.41) is 5.10. The van der Waals surface area contributed by atoms with E-state index < -0.39 is 0 Å². The molecule has 0 spiro atoms. The van der Waals surface area contributed by atoms with E-state index >= 15 is 0 Å². The van der Waals surface area contributed by atoms with Crippen LogP contribution in [0, 0.1) is 5.92 Å². The normalized spacial score (nSPS) is 31.7. The van der Waals surface area contributed by atoms with Crippen LogP contribution in [0.15, 0.2) is 24.3 Å². The first-order valence-electron chi connectivity index (χ1n) is 9.48. The summed E-state index contributed by atoms with van der Waals surface area (Å²) in [5.74, 6) is 0.859. The summed E-state index contributed by atoms with van der Waals surface area (Å²) in [4.78, 5) is 6.64. The lowest BCUT2D eigenvalue weighted by Crippen LogP contribution is -2.52. The molecular weight excluding hydrogens is 282 g/mol. The number of fused-ring (bicyclic) bond motifs is 5. The lowest BCUT2D eigenvalue weighted by Gasteiger charge is -2.48. The molecular formula is C20H27N3. The minimum atomic E-state index is 0.631. The lowest BCUT2D eigenvalue weighted by molar-refractivity contribution is 0.0302. The number of aromatic amines is 1. The van der Waals surface area contributed by atoms with Crippen molar-refractivity contribution in [3.63, 3.8) is 0 Å². The summed E-state index contributed by atoms with van der Waals surface area (Å²) in [6.45, 7) is 3.70. The van der Waals surface area contributed by atoms with Crippen LogP contribution < -0.4 is 5.32 Å². The molecule has 5 rings (SSSR count). The van der Waals surface area contributed by atoms with Gasteiger partial charge in [-0.2, -0.15) is 0 Å². The van der Waals surface area contributed by atoms with Crippen LogP contribution in [0.25, 0.3) is 10.9 Å². The monoisotopic (exact) mass is 309 g/mol. The Morgan fingerprint density at radius 2 is 2.00 bits per heavy atom. The predicted octanol–water partition coefficient (Wildman–Crippen LogP) is 3.62. The Hall–Kier alpha value is -1.32. The van der Waals surface area contributed by atoms with E-state index in [0.29, 0.717) is 6.04 Å². The molecule has 2 fully saturated rings. The van der Waals surface area contributed by atoms with Gasteiger partial charge in [0.25, 0.3) is 0 Å². The highest BCUT2D eigenvalue weighted by Gasteiger charge is 2.40. The molecule has 1 aromatic carbocycles. The molecule has 0 saturated carbocycles. The van der Waals surface area contributed by atoms with Gasteiger partial charge in [-0.05, 0) is 69.2 Å². The first-order valence-corrected chi connectivity index (χ1v) is 9.48. The number of piperidine rings is 2. The number of aromatic nitrogens is 1. The molecule has 3 aliphatic rings. The van der Waals surface area contributed by atoms with E-state index in [1.807, 2.05) is 0 Å². The first kappa shape index (κ1) is 14.1. The number of H-pyrrole nitrogens is 1. The minimum Gasteiger partial charge on any atom is -0.357 e. The summed E-state index contributed by atoms with van der Waals surface area (Å²) in [5.41, 5.74) is 4.47. The molecule has 0 bridgehead atoms. The summed E-state index contributed by atoms with van der Waals surface area (Å²) >= 11 is 0. The number of nitrogens with one attached hydrogen (secondary N) is 2. The van der Waals surface area contributed by atoms with E-state index in [0.717, 1.165) is 12.0 Å². The molecule has 3 atom stereocenters. The number of rotatable bonds is 1. The highest BCUT2D eigenvalue weighted by atomic mass is 15.2. The smallest absolute Gasteiger partial charge is 0.0504 e. The zero-order valence-electron chi connectivity index (χ0n) is 13.9. The third-order valence-corrected chi connectivity index (χ3v) is 6.48. The van der Waals surface area contributed by atoms with Crippen molar-refractivity contribution in [3.05, 3.63) is 35.5 Å². The number of hydrogen-bond acceptors (Lipinski definition) is 2. The van der Waals surface area contributed by atoms with Crippen LogP contribution in [0.4, 0.5) is 0 Å². The van der Waals surface area contributed by atoms with Gasteiger partial charge in [0, 0.05) is 29.2 Å². The Labute approximate surface area is 138 Å². The van der Waals surface area contributed by atoms with E-state index in [9.17, 15) is 0 Å². The van der Waals surface area contributed by atoms with Crippen LogP contribution in [0.1, 0.15) is 49.4 Å². The molecule has 4 heterocycles. The first-order chi connectivity index (χ1) is 11.4. The van der Waals surface area contributed by atoms with Gasteiger partial charge >= 0.3 is 0 Å². The molecule has 0 unspecified atom stereocenters. The van der Waals surface area contributed by atoms with Crippen LogP contribution in [-0.4, -0.2) is 35.6 Å².